The molecule has 0 aromatic carbocycles. The van der Waals surface area contributed by atoms with Gasteiger partial charge in [0.25, 0.3) is 5.56 Å². The van der Waals surface area contributed by atoms with Crippen molar-refractivity contribution >= 4 is 6.29 Å². The van der Waals surface area contributed by atoms with Crippen LogP contribution in [0.5, 0.6) is 0 Å². The number of ether oxygens (including phenoxy) is 3. The Balaban J connectivity index is 2.43. The van der Waals surface area contributed by atoms with E-state index in [-0.39, 0.29) is 6.42 Å². The van der Waals surface area contributed by atoms with Crippen LogP contribution in [0.3, 0.4) is 0 Å². The van der Waals surface area contributed by atoms with E-state index in [4.69, 9.17) is 14.2 Å². The molecule has 0 unspecified atom stereocenters. The monoisotopic (exact) mass is 298 g/mol. The molecule has 0 amide bonds. The number of aldehydes is 1. The highest BCUT2D eigenvalue weighted by molar-refractivity contribution is 5.50. The zero-order valence-electron chi connectivity index (χ0n) is 12.1. The van der Waals surface area contributed by atoms with Crippen LogP contribution in [0.15, 0.2) is 21.9 Å². The minimum atomic E-state index is -0.760. The van der Waals surface area contributed by atoms with Crippen LogP contribution in [0.1, 0.15) is 12.6 Å². The topological polar surface area (TPSA) is 88.8 Å². The zero-order chi connectivity index (χ0) is 15.6. The Morgan fingerprint density at radius 3 is 2.52 bits per heavy atom. The van der Waals surface area contributed by atoms with Gasteiger partial charge in [0.2, 0.25) is 0 Å². The molecule has 0 bridgehead atoms. The maximum Gasteiger partial charge on any atom is 0.332 e. The lowest BCUT2D eigenvalue weighted by Gasteiger charge is -2.22. The van der Waals surface area contributed by atoms with Crippen molar-refractivity contribution in [2.24, 2.45) is 7.05 Å². The summed E-state index contributed by atoms with van der Waals surface area (Å²) in [6, 6.07) is 1.27. The number of methoxy groups -OCH3 is 2. The van der Waals surface area contributed by atoms with Gasteiger partial charge in [-0.25, -0.2) is 4.79 Å². The van der Waals surface area contributed by atoms with Crippen LogP contribution in [0.2, 0.25) is 0 Å². The van der Waals surface area contributed by atoms with Crippen LogP contribution >= 0.6 is 0 Å². The quantitative estimate of drug-likeness (QED) is 0.652. The van der Waals surface area contributed by atoms with Crippen molar-refractivity contribution in [3.63, 3.8) is 0 Å². The van der Waals surface area contributed by atoms with Gasteiger partial charge in [0, 0.05) is 40.0 Å². The minimum absolute atomic E-state index is 0.134. The smallest absolute Gasteiger partial charge is 0.332 e. The van der Waals surface area contributed by atoms with E-state index in [0.29, 0.717) is 0 Å². The molecule has 0 N–H and O–H groups in total. The summed E-state index contributed by atoms with van der Waals surface area (Å²) < 4.78 is 18.7. The number of carbonyl (C=O) groups excluding carboxylic acids is 1. The Kier molecular flexibility index (Phi) is 4.71. The van der Waals surface area contributed by atoms with Crippen LogP contribution in [-0.2, 0) is 26.1 Å². The van der Waals surface area contributed by atoms with Crippen LogP contribution < -0.4 is 11.2 Å². The van der Waals surface area contributed by atoms with E-state index in [1.165, 1.54) is 38.1 Å². The predicted octanol–water partition coefficient (Wildman–Crippen LogP) is -0.937. The fraction of sp³-hybridized carbons (Fsp3) is 0.615. The highest BCUT2D eigenvalue weighted by Crippen LogP contribution is 2.33. The highest BCUT2D eigenvalue weighted by Gasteiger charge is 2.46. The third-order valence-electron chi connectivity index (χ3n) is 3.65. The number of rotatable bonds is 5. The first-order valence-electron chi connectivity index (χ1n) is 6.48. The van der Waals surface area contributed by atoms with E-state index in [2.05, 4.69) is 0 Å². The molecule has 116 valence electrons. The van der Waals surface area contributed by atoms with E-state index < -0.39 is 35.8 Å². The molecule has 2 rings (SSSR count). The van der Waals surface area contributed by atoms with Crippen molar-refractivity contribution in [1.29, 1.82) is 0 Å². The van der Waals surface area contributed by atoms with E-state index in [9.17, 15) is 14.4 Å². The zero-order valence-corrected chi connectivity index (χ0v) is 12.1. The van der Waals surface area contributed by atoms with Crippen molar-refractivity contribution in [1.82, 2.24) is 9.13 Å². The number of hydrogen-bond acceptors (Lipinski definition) is 6. The normalized spacial score (nSPS) is 28.7. The molecule has 4 atom stereocenters. The molecule has 0 saturated carbocycles. The van der Waals surface area contributed by atoms with Gasteiger partial charge in [-0.3, -0.25) is 13.9 Å². The van der Waals surface area contributed by atoms with Gasteiger partial charge in [-0.2, -0.15) is 0 Å². The molecule has 1 aromatic rings. The second kappa shape index (κ2) is 6.33. The average Bonchev–Trinajstić information content (AvgIpc) is 2.82. The summed E-state index contributed by atoms with van der Waals surface area (Å²) in [5.74, 6) is 0. The van der Waals surface area contributed by atoms with Crippen LogP contribution in [0.25, 0.3) is 0 Å². The lowest BCUT2D eigenvalue weighted by atomic mass is 10.1. The van der Waals surface area contributed by atoms with Crippen molar-refractivity contribution in [2.75, 3.05) is 14.2 Å². The SMILES string of the molecule is CO[C@@H]1[C@H](OC)[C@@H](CC=O)O[C@H]1n1ccc(=O)n(C)c1=O. The van der Waals surface area contributed by atoms with Gasteiger partial charge in [0.15, 0.2) is 6.23 Å². The van der Waals surface area contributed by atoms with E-state index in [1.54, 1.807) is 0 Å². The average molecular weight is 298 g/mol. The van der Waals surface area contributed by atoms with Crippen LogP contribution in [0.4, 0.5) is 0 Å². The van der Waals surface area contributed by atoms with Gasteiger partial charge in [-0.05, 0) is 0 Å². The maximum absolute atomic E-state index is 12.2. The van der Waals surface area contributed by atoms with Crippen molar-refractivity contribution in [2.45, 2.75) is 31.0 Å². The molecular formula is C13H18N2O6. The van der Waals surface area contributed by atoms with Gasteiger partial charge in [-0.1, -0.05) is 0 Å². The first-order chi connectivity index (χ1) is 10.0. The van der Waals surface area contributed by atoms with Gasteiger partial charge < -0.3 is 19.0 Å². The van der Waals surface area contributed by atoms with Gasteiger partial charge >= 0.3 is 5.69 Å². The van der Waals surface area contributed by atoms with Crippen molar-refractivity contribution in [3.05, 3.63) is 33.1 Å². The Morgan fingerprint density at radius 2 is 1.95 bits per heavy atom. The Labute approximate surface area is 120 Å². The molecule has 1 fully saturated rings. The van der Waals surface area contributed by atoms with E-state index in [1.807, 2.05) is 0 Å². The second-order valence-electron chi connectivity index (χ2n) is 4.77. The van der Waals surface area contributed by atoms with Crippen molar-refractivity contribution in [3.8, 4) is 0 Å². The number of hydrogen-bond donors (Lipinski definition) is 0. The summed E-state index contributed by atoms with van der Waals surface area (Å²) in [5, 5.41) is 0. The van der Waals surface area contributed by atoms with E-state index >= 15 is 0 Å². The predicted molar refractivity (Wildman–Crippen MR) is 72.1 cm³/mol. The molecular weight excluding hydrogens is 280 g/mol. The van der Waals surface area contributed by atoms with Gasteiger partial charge in [0.1, 0.15) is 18.5 Å². The molecule has 0 radical (unpaired) electrons. The molecule has 1 saturated heterocycles. The minimum Gasteiger partial charge on any atom is -0.376 e. The van der Waals surface area contributed by atoms with Gasteiger partial charge in [0.05, 0.1) is 6.10 Å². The molecule has 0 spiro atoms. The molecule has 0 aliphatic carbocycles. The number of aromatic nitrogens is 2. The van der Waals surface area contributed by atoms with Crippen molar-refractivity contribution < 1.29 is 19.0 Å². The standard InChI is InChI=1S/C13H18N2O6/c1-14-9(17)4-6-15(13(14)18)12-11(20-3)10(19-2)8(21-12)5-7-16/h4,6-8,10-12H,5H2,1-3H3/t8-,10-,11-,12-/m1/s1. The molecule has 8 heteroatoms. The summed E-state index contributed by atoms with van der Waals surface area (Å²) >= 11 is 0. The Morgan fingerprint density at radius 1 is 1.29 bits per heavy atom. The Hall–Kier alpha value is -1.77. The first-order valence-corrected chi connectivity index (χ1v) is 6.48. The lowest BCUT2D eigenvalue weighted by molar-refractivity contribution is -0.112. The summed E-state index contributed by atoms with van der Waals surface area (Å²) in [6.45, 7) is 0. The van der Waals surface area contributed by atoms with Crippen LogP contribution in [-0.4, -0.2) is 48.0 Å². The maximum atomic E-state index is 12.2. The number of carbonyl (C=O) groups is 1. The molecule has 21 heavy (non-hydrogen) atoms. The molecule has 1 aromatic heterocycles. The summed E-state index contributed by atoms with van der Waals surface area (Å²) in [6.07, 6.45) is -0.0811. The molecule has 2 heterocycles. The second-order valence-corrected chi connectivity index (χ2v) is 4.77. The summed E-state index contributed by atoms with van der Waals surface area (Å²) in [5.41, 5.74) is -0.924. The Bertz CT molecular complexity index is 622. The van der Waals surface area contributed by atoms with Crippen LogP contribution in [0, 0.1) is 0 Å². The highest BCUT2D eigenvalue weighted by atomic mass is 16.6. The molecule has 8 nitrogen and oxygen atoms in total. The number of nitrogens with zero attached hydrogens (tertiary/aromatic N) is 2. The first kappa shape index (κ1) is 15.6. The third-order valence-corrected chi connectivity index (χ3v) is 3.65. The summed E-state index contributed by atoms with van der Waals surface area (Å²) in [7, 11) is 4.35. The van der Waals surface area contributed by atoms with E-state index in [0.717, 1.165) is 10.9 Å². The third kappa shape index (κ3) is 2.69. The molecule has 1 aliphatic heterocycles. The fourth-order valence-electron chi connectivity index (χ4n) is 2.53. The summed E-state index contributed by atoms with van der Waals surface area (Å²) in [4.78, 5) is 34.4. The van der Waals surface area contributed by atoms with Gasteiger partial charge in [-0.15, -0.1) is 0 Å². The molecule has 1 aliphatic rings. The largest absolute Gasteiger partial charge is 0.376 e. The lowest BCUT2D eigenvalue weighted by Crippen LogP contribution is -2.42. The fourth-order valence-corrected chi connectivity index (χ4v) is 2.53.